The number of fused-ring (bicyclic) bond motifs is 1. The van der Waals surface area contributed by atoms with Crippen molar-refractivity contribution in [1.82, 2.24) is 10.2 Å². The zero-order chi connectivity index (χ0) is 18.3. The van der Waals surface area contributed by atoms with Crippen molar-refractivity contribution >= 4 is 23.5 Å². The summed E-state index contributed by atoms with van der Waals surface area (Å²) in [5, 5.41) is 11.6. The topological polar surface area (TPSA) is 99.2 Å². The highest BCUT2D eigenvalue weighted by Crippen LogP contribution is 2.34. The molecule has 2 N–H and O–H groups in total. The number of nitrogens with one attached hydrogen (secondary N) is 1. The lowest BCUT2D eigenvalue weighted by Crippen LogP contribution is -2.51. The summed E-state index contributed by atoms with van der Waals surface area (Å²) in [6.45, 7) is 1.13. The first kappa shape index (κ1) is 17.0. The fourth-order valence-electron chi connectivity index (χ4n) is 4.05. The second-order valence-corrected chi connectivity index (χ2v) is 6.98. The molecule has 0 radical (unpaired) electrons. The van der Waals surface area contributed by atoms with Crippen molar-refractivity contribution in [2.75, 3.05) is 31.2 Å². The molecule has 0 bridgehead atoms. The first-order valence-electron chi connectivity index (χ1n) is 8.81. The van der Waals surface area contributed by atoms with E-state index in [1.165, 1.54) is 4.90 Å². The summed E-state index contributed by atoms with van der Waals surface area (Å²) < 4.78 is 5.77. The van der Waals surface area contributed by atoms with Gasteiger partial charge in [-0.1, -0.05) is 0 Å². The van der Waals surface area contributed by atoms with E-state index in [4.69, 9.17) is 4.74 Å². The molecular weight excluding hydrogens is 338 g/mol. The van der Waals surface area contributed by atoms with E-state index < -0.39 is 6.03 Å². The number of hydrogen-bond acceptors (Lipinski definition) is 5. The van der Waals surface area contributed by atoms with Gasteiger partial charge in [-0.15, -0.1) is 0 Å². The Morgan fingerprint density at radius 2 is 2.00 bits per heavy atom. The fraction of sp³-hybridized carbons (Fsp3) is 0.500. The zero-order valence-corrected chi connectivity index (χ0v) is 14.3. The van der Waals surface area contributed by atoms with E-state index in [9.17, 15) is 19.5 Å². The molecule has 0 spiro atoms. The van der Waals surface area contributed by atoms with Crippen molar-refractivity contribution in [2.24, 2.45) is 5.92 Å². The van der Waals surface area contributed by atoms with Crippen LogP contribution >= 0.6 is 0 Å². The van der Waals surface area contributed by atoms with Crippen LogP contribution in [0.1, 0.15) is 23.2 Å². The molecule has 138 valence electrons. The minimum Gasteiger partial charge on any atom is -0.396 e. The van der Waals surface area contributed by atoms with E-state index in [0.29, 0.717) is 24.4 Å². The summed E-state index contributed by atoms with van der Waals surface area (Å²) >= 11 is 0. The number of urea groups is 1. The predicted octanol–water partition coefficient (Wildman–Crippen LogP) is 0.355. The van der Waals surface area contributed by atoms with E-state index in [1.807, 2.05) is 4.90 Å². The van der Waals surface area contributed by atoms with Crippen molar-refractivity contribution in [2.45, 2.75) is 25.0 Å². The molecule has 8 heteroatoms. The molecular formula is C18H21N3O5. The number of aliphatic hydroxyl groups is 1. The van der Waals surface area contributed by atoms with Gasteiger partial charge in [0.1, 0.15) is 6.54 Å². The summed E-state index contributed by atoms with van der Waals surface area (Å²) in [5.41, 5.74) is 1.11. The average molecular weight is 359 g/mol. The van der Waals surface area contributed by atoms with Gasteiger partial charge in [-0.2, -0.15) is 0 Å². The number of amides is 4. The molecule has 8 nitrogen and oxygen atoms in total. The van der Waals surface area contributed by atoms with Crippen LogP contribution in [-0.2, 0) is 9.53 Å². The average Bonchev–Trinajstić information content (AvgIpc) is 3.23. The minimum absolute atomic E-state index is 0.00458. The van der Waals surface area contributed by atoms with Gasteiger partial charge in [0.25, 0.3) is 5.91 Å². The van der Waals surface area contributed by atoms with Gasteiger partial charge in [0.15, 0.2) is 0 Å². The molecule has 2 heterocycles. The maximum absolute atomic E-state index is 12.9. The number of aliphatic hydroxyl groups excluding tert-OH is 1. The van der Waals surface area contributed by atoms with E-state index in [1.54, 1.807) is 24.3 Å². The van der Waals surface area contributed by atoms with Crippen molar-refractivity contribution in [1.29, 1.82) is 0 Å². The molecule has 0 aromatic heterocycles. The molecule has 1 aromatic rings. The highest BCUT2D eigenvalue weighted by atomic mass is 16.5. The molecule has 1 aromatic carbocycles. The smallest absolute Gasteiger partial charge is 0.329 e. The first-order chi connectivity index (χ1) is 12.6. The Morgan fingerprint density at radius 1 is 1.23 bits per heavy atom. The number of imide groups is 1. The molecule has 3 atom stereocenters. The van der Waals surface area contributed by atoms with Crippen LogP contribution in [0.25, 0.3) is 0 Å². The van der Waals surface area contributed by atoms with Crippen molar-refractivity contribution in [3.8, 4) is 0 Å². The van der Waals surface area contributed by atoms with Crippen LogP contribution in [0.2, 0.25) is 0 Å². The number of nitrogens with zero attached hydrogens (tertiary/aromatic N) is 2. The van der Waals surface area contributed by atoms with Gasteiger partial charge in [-0.25, -0.2) is 4.79 Å². The molecule has 4 amide bonds. The van der Waals surface area contributed by atoms with Crippen molar-refractivity contribution in [3.05, 3.63) is 29.8 Å². The number of morpholine rings is 1. The summed E-state index contributed by atoms with van der Waals surface area (Å²) in [4.78, 5) is 39.2. The number of carbonyl (C=O) groups is 3. The normalized spacial score (nSPS) is 28.3. The first-order valence-corrected chi connectivity index (χ1v) is 8.81. The second kappa shape index (κ2) is 6.69. The van der Waals surface area contributed by atoms with Crippen LogP contribution in [-0.4, -0.2) is 66.3 Å². The lowest BCUT2D eigenvalue weighted by Gasteiger charge is -2.37. The van der Waals surface area contributed by atoms with Crippen molar-refractivity contribution < 1.29 is 24.2 Å². The van der Waals surface area contributed by atoms with E-state index in [0.717, 1.165) is 12.8 Å². The number of ether oxygens (including phenoxy) is 1. The molecule has 3 fully saturated rings. The van der Waals surface area contributed by atoms with Gasteiger partial charge < -0.3 is 14.7 Å². The van der Waals surface area contributed by atoms with Gasteiger partial charge >= 0.3 is 6.03 Å². The molecule has 2 saturated heterocycles. The van der Waals surface area contributed by atoms with Gasteiger partial charge in [0.2, 0.25) is 5.91 Å². The van der Waals surface area contributed by atoms with E-state index >= 15 is 0 Å². The van der Waals surface area contributed by atoms with Crippen LogP contribution < -0.4 is 10.2 Å². The monoisotopic (exact) mass is 359 g/mol. The Morgan fingerprint density at radius 3 is 2.65 bits per heavy atom. The maximum atomic E-state index is 12.9. The SMILES string of the molecule is O=C1CN(c2ccc(C(=O)N3CCO[C@H]4C[C@H](CO)C[C@@H]43)cc2)C(=O)N1. The van der Waals surface area contributed by atoms with Gasteiger partial charge in [-0.05, 0) is 43.0 Å². The number of anilines is 1. The lowest BCUT2D eigenvalue weighted by molar-refractivity contribution is -0.117. The Hall–Kier alpha value is -2.45. The third-order valence-corrected chi connectivity index (χ3v) is 5.37. The van der Waals surface area contributed by atoms with E-state index in [2.05, 4.69) is 5.32 Å². The van der Waals surface area contributed by atoms with Gasteiger partial charge in [-0.3, -0.25) is 19.8 Å². The minimum atomic E-state index is -0.453. The summed E-state index contributed by atoms with van der Waals surface area (Å²) in [5.74, 6) is -0.239. The third-order valence-electron chi connectivity index (χ3n) is 5.37. The summed E-state index contributed by atoms with van der Waals surface area (Å²) in [7, 11) is 0. The largest absolute Gasteiger partial charge is 0.396 e. The Balaban J connectivity index is 1.49. The third kappa shape index (κ3) is 2.95. The predicted molar refractivity (Wildman–Crippen MR) is 91.7 cm³/mol. The summed E-state index contributed by atoms with van der Waals surface area (Å²) in [6, 6.07) is 6.25. The van der Waals surface area contributed by atoms with Crippen LogP contribution in [0, 0.1) is 5.92 Å². The van der Waals surface area contributed by atoms with Crippen LogP contribution in [0.5, 0.6) is 0 Å². The van der Waals surface area contributed by atoms with Crippen LogP contribution in [0.4, 0.5) is 10.5 Å². The Kier molecular flexibility index (Phi) is 4.37. The standard InChI is InChI=1S/C18H21N3O5/c22-10-11-7-14-15(8-11)26-6-5-20(14)17(24)12-1-3-13(4-2-12)21-9-16(23)19-18(21)25/h1-4,11,14-15,22H,5-10H2,(H,19,23,25)/t11-,14+,15+/m1/s1. The molecule has 4 rings (SSSR count). The molecule has 3 aliphatic rings. The van der Waals surface area contributed by atoms with Gasteiger partial charge in [0, 0.05) is 24.4 Å². The lowest BCUT2D eigenvalue weighted by atomic mass is 10.1. The summed E-state index contributed by atoms with van der Waals surface area (Å²) in [6.07, 6.45) is 1.52. The fourth-order valence-corrected chi connectivity index (χ4v) is 4.05. The Labute approximate surface area is 150 Å². The molecule has 1 saturated carbocycles. The molecule has 1 aliphatic carbocycles. The van der Waals surface area contributed by atoms with Crippen LogP contribution in [0.15, 0.2) is 24.3 Å². The molecule has 26 heavy (non-hydrogen) atoms. The number of rotatable bonds is 3. The number of carbonyl (C=O) groups excluding carboxylic acids is 3. The molecule has 2 aliphatic heterocycles. The Bertz CT molecular complexity index is 735. The zero-order valence-electron chi connectivity index (χ0n) is 14.3. The van der Waals surface area contributed by atoms with E-state index in [-0.39, 0.29) is 43.0 Å². The van der Waals surface area contributed by atoms with Crippen LogP contribution in [0.3, 0.4) is 0 Å². The maximum Gasteiger partial charge on any atom is 0.329 e. The quantitative estimate of drug-likeness (QED) is 0.759. The second-order valence-electron chi connectivity index (χ2n) is 6.98. The number of benzene rings is 1. The number of hydrogen-bond donors (Lipinski definition) is 2. The highest BCUT2D eigenvalue weighted by molar-refractivity contribution is 6.12. The highest BCUT2D eigenvalue weighted by Gasteiger charge is 2.42. The molecule has 0 unspecified atom stereocenters. The van der Waals surface area contributed by atoms with Crippen molar-refractivity contribution in [3.63, 3.8) is 0 Å². The van der Waals surface area contributed by atoms with Gasteiger partial charge in [0.05, 0.1) is 18.8 Å².